The molecule has 0 amide bonds. The third-order valence-electron chi connectivity index (χ3n) is 3.11. The number of nitrogens with zero attached hydrogens (tertiary/aromatic N) is 3. The van der Waals surface area contributed by atoms with Crippen LogP contribution in [-0.2, 0) is 13.5 Å². The Morgan fingerprint density at radius 1 is 1.37 bits per heavy atom. The van der Waals surface area contributed by atoms with E-state index in [1.54, 1.807) is 0 Å². The maximum Gasteiger partial charge on any atom is 0.0579 e. The van der Waals surface area contributed by atoms with Crippen molar-refractivity contribution in [3.8, 4) is 0 Å². The van der Waals surface area contributed by atoms with Crippen LogP contribution in [0.4, 0.5) is 0 Å². The molecule has 0 aliphatic carbocycles. The van der Waals surface area contributed by atoms with Crippen LogP contribution in [0.1, 0.15) is 36.3 Å². The van der Waals surface area contributed by atoms with Crippen LogP contribution < -0.4 is 5.32 Å². The molecule has 2 aromatic rings. The minimum atomic E-state index is 0.254. The first-order chi connectivity index (χ1) is 9.19. The van der Waals surface area contributed by atoms with Gasteiger partial charge in [0.1, 0.15) is 0 Å². The number of pyridine rings is 1. The molecule has 0 radical (unpaired) electrons. The van der Waals surface area contributed by atoms with Crippen LogP contribution in [0.5, 0.6) is 0 Å². The monoisotopic (exact) mass is 258 g/mol. The topological polar surface area (TPSA) is 42.7 Å². The average molecular weight is 258 g/mol. The van der Waals surface area contributed by atoms with E-state index >= 15 is 0 Å². The second-order valence-electron chi connectivity index (χ2n) is 4.94. The van der Waals surface area contributed by atoms with Gasteiger partial charge in [0, 0.05) is 18.9 Å². The second kappa shape index (κ2) is 6.48. The largest absolute Gasteiger partial charge is 0.308 e. The zero-order chi connectivity index (χ0) is 13.7. The van der Waals surface area contributed by atoms with E-state index in [0.717, 1.165) is 30.8 Å². The first-order valence-electron chi connectivity index (χ1n) is 6.83. The van der Waals surface area contributed by atoms with Crippen molar-refractivity contribution in [2.75, 3.05) is 6.54 Å². The van der Waals surface area contributed by atoms with Gasteiger partial charge in [-0.25, -0.2) is 0 Å². The third-order valence-corrected chi connectivity index (χ3v) is 3.11. The highest BCUT2D eigenvalue weighted by molar-refractivity contribution is 5.17. The van der Waals surface area contributed by atoms with E-state index in [9.17, 15) is 0 Å². The summed E-state index contributed by atoms with van der Waals surface area (Å²) >= 11 is 0. The molecule has 4 heteroatoms. The third kappa shape index (κ3) is 3.89. The molecule has 19 heavy (non-hydrogen) atoms. The van der Waals surface area contributed by atoms with Crippen LogP contribution in [0.25, 0.3) is 0 Å². The molecule has 0 aromatic carbocycles. The van der Waals surface area contributed by atoms with Crippen molar-refractivity contribution in [2.45, 2.75) is 32.7 Å². The fourth-order valence-corrected chi connectivity index (χ4v) is 2.17. The Kier molecular flexibility index (Phi) is 4.68. The molecule has 0 saturated carbocycles. The van der Waals surface area contributed by atoms with Gasteiger partial charge in [0.2, 0.25) is 0 Å². The zero-order valence-electron chi connectivity index (χ0n) is 11.9. The van der Waals surface area contributed by atoms with Crippen LogP contribution >= 0.6 is 0 Å². The van der Waals surface area contributed by atoms with Gasteiger partial charge in [0.15, 0.2) is 0 Å². The summed E-state index contributed by atoms with van der Waals surface area (Å²) in [5, 5.41) is 7.80. The van der Waals surface area contributed by atoms with Crippen molar-refractivity contribution in [1.29, 1.82) is 0 Å². The number of rotatable bonds is 6. The molecule has 2 rings (SSSR count). The summed E-state index contributed by atoms with van der Waals surface area (Å²) in [5.41, 5.74) is 3.41. The van der Waals surface area contributed by atoms with Crippen molar-refractivity contribution < 1.29 is 0 Å². The lowest BCUT2D eigenvalue weighted by Crippen LogP contribution is -2.25. The van der Waals surface area contributed by atoms with Gasteiger partial charge in [-0.05, 0) is 44.0 Å². The Balaban J connectivity index is 2.15. The first-order valence-corrected chi connectivity index (χ1v) is 6.83. The van der Waals surface area contributed by atoms with Crippen molar-refractivity contribution in [1.82, 2.24) is 20.1 Å². The molecule has 102 valence electrons. The quantitative estimate of drug-likeness (QED) is 0.865. The maximum absolute atomic E-state index is 4.64. The van der Waals surface area contributed by atoms with E-state index in [-0.39, 0.29) is 6.04 Å². The molecule has 0 fully saturated rings. The summed E-state index contributed by atoms with van der Waals surface area (Å²) in [6, 6.07) is 6.45. The van der Waals surface area contributed by atoms with Crippen molar-refractivity contribution in [3.05, 3.63) is 47.5 Å². The Labute approximate surface area is 114 Å². The van der Waals surface area contributed by atoms with Crippen molar-refractivity contribution in [2.24, 2.45) is 7.05 Å². The molecule has 1 unspecified atom stereocenters. The molecule has 1 N–H and O–H groups in total. The van der Waals surface area contributed by atoms with Gasteiger partial charge in [0.25, 0.3) is 0 Å². The molecule has 0 aliphatic heterocycles. The average Bonchev–Trinajstić information content (AvgIpc) is 2.80. The minimum absolute atomic E-state index is 0.254. The summed E-state index contributed by atoms with van der Waals surface area (Å²) < 4.78 is 1.84. The smallest absolute Gasteiger partial charge is 0.0579 e. The highest BCUT2D eigenvalue weighted by Gasteiger charge is 2.13. The molecule has 0 spiro atoms. The number of hydrogen-bond donors (Lipinski definition) is 1. The van der Waals surface area contributed by atoms with Gasteiger partial charge < -0.3 is 5.32 Å². The van der Waals surface area contributed by atoms with Gasteiger partial charge in [-0.1, -0.05) is 13.0 Å². The molecule has 1 atom stereocenters. The highest BCUT2D eigenvalue weighted by Crippen LogP contribution is 2.16. The predicted molar refractivity (Wildman–Crippen MR) is 76.9 cm³/mol. The summed E-state index contributed by atoms with van der Waals surface area (Å²) in [6.45, 7) is 5.21. The summed E-state index contributed by atoms with van der Waals surface area (Å²) in [5.74, 6) is 0. The highest BCUT2D eigenvalue weighted by atomic mass is 15.2. The first kappa shape index (κ1) is 13.7. The molecule has 0 aliphatic rings. The number of hydrogen-bond acceptors (Lipinski definition) is 3. The molecular weight excluding hydrogens is 236 g/mol. The fourth-order valence-electron chi connectivity index (χ4n) is 2.17. The van der Waals surface area contributed by atoms with Gasteiger partial charge in [0.05, 0.1) is 17.9 Å². The van der Waals surface area contributed by atoms with E-state index in [4.69, 9.17) is 0 Å². The molecule has 4 nitrogen and oxygen atoms in total. The molecule has 2 aromatic heterocycles. The van der Waals surface area contributed by atoms with Crippen LogP contribution in [-0.4, -0.2) is 21.3 Å². The van der Waals surface area contributed by atoms with Gasteiger partial charge in [-0.15, -0.1) is 0 Å². The number of aromatic nitrogens is 3. The lowest BCUT2D eigenvalue weighted by atomic mass is 10.0. The number of aryl methyl sites for hydroxylation is 2. The summed E-state index contributed by atoms with van der Waals surface area (Å²) in [7, 11) is 1.95. The van der Waals surface area contributed by atoms with Crippen LogP contribution in [0.2, 0.25) is 0 Å². The predicted octanol–water partition coefficient (Wildman–Crippen LogP) is 2.41. The molecule has 0 bridgehead atoms. The second-order valence-corrected chi connectivity index (χ2v) is 4.94. The van der Waals surface area contributed by atoms with Gasteiger partial charge >= 0.3 is 0 Å². The molecular formula is C15H22N4. The SMILES string of the molecule is CCCNC(Cc1cnn(C)c1)c1cccc(C)n1. The fraction of sp³-hybridized carbons (Fsp3) is 0.467. The van der Waals surface area contributed by atoms with E-state index < -0.39 is 0 Å². The zero-order valence-corrected chi connectivity index (χ0v) is 11.9. The van der Waals surface area contributed by atoms with Crippen LogP contribution in [0.3, 0.4) is 0 Å². The molecule has 0 saturated heterocycles. The van der Waals surface area contributed by atoms with Gasteiger partial charge in [-0.3, -0.25) is 9.67 Å². The summed E-state index contributed by atoms with van der Waals surface area (Å²) in [6.07, 6.45) is 6.03. The number of nitrogens with one attached hydrogen (secondary N) is 1. The van der Waals surface area contributed by atoms with E-state index in [0.29, 0.717) is 0 Å². The van der Waals surface area contributed by atoms with Gasteiger partial charge in [-0.2, -0.15) is 5.10 Å². The Bertz CT molecular complexity index is 518. The maximum atomic E-state index is 4.64. The molecule has 2 heterocycles. The summed E-state index contributed by atoms with van der Waals surface area (Å²) in [4.78, 5) is 4.64. The lowest BCUT2D eigenvalue weighted by molar-refractivity contribution is 0.517. The van der Waals surface area contributed by atoms with E-state index in [1.165, 1.54) is 5.56 Å². The Hall–Kier alpha value is -1.68. The Morgan fingerprint density at radius 3 is 2.84 bits per heavy atom. The van der Waals surface area contributed by atoms with Crippen LogP contribution in [0.15, 0.2) is 30.6 Å². The van der Waals surface area contributed by atoms with E-state index in [1.807, 2.05) is 30.9 Å². The normalized spacial score (nSPS) is 12.6. The van der Waals surface area contributed by atoms with Crippen LogP contribution in [0, 0.1) is 6.92 Å². The Morgan fingerprint density at radius 2 is 2.21 bits per heavy atom. The van der Waals surface area contributed by atoms with Crippen molar-refractivity contribution >= 4 is 0 Å². The lowest BCUT2D eigenvalue weighted by Gasteiger charge is -2.17. The van der Waals surface area contributed by atoms with E-state index in [2.05, 4.69) is 40.7 Å². The van der Waals surface area contributed by atoms with Crippen molar-refractivity contribution in [3.63, 3.8) is 0 Å². The standard InChI is InChI=1S/C15H22N4/c1-4-8-16-15(9-13-10-17-19(3)11-13)14-7-5-6-12(2)18-14/h5-7,10-11,15-16H,4,8-9H2,1-3H3. The minimum Gasteiger partial charge on any atom is -0.308 e.